The maximum atomic E-state index is 12.3. The first-order valence-electron chi connectivity index (χ1n) is 9.01. The van der Waals surface area contributed by atoms with Crippen molar-refractivity contribution in [1.29, 1.82) is 0 Å². The van der Waals surface area contributed by atoms with Gasteiger partial charge in [-0.1, -0.05) is 43.3 Å². The van der Waals surface area contributed by atoms with E-state index in [1.807, 2.05) is 60.0 Å². The molecule has 1 amide bonds. The first kappa shape index (κ1) is 20.0. The van der Waals surface area contributed by atoms with E-state index in [1.54, 1.807) is 11.8 Å². The Morgan fingerprint density at radius 3 is 2.57 bits per heavy atom. The Labute approximate surface area is 174 Å². The molecule has 0 fully saturated rings. The number of aromatic nitrogens is 1. The lowest BCUT2D eigenvalue weighted by atomic mass is 10.1. The molecule has 0 unspecified atom stereocenters. The molecule has 0 spiro atoms. The van der Waals surface area contributed by atoms with Crippen molar-refractivity contribution in [1.82, 2.24) is 10.3 Å². The number of para-hydroxylation sites is 2. The highest BCUT2D eigenvalue weighted by atomic mass is 32.1. The third kappa shape index (κ3) is 4.94. The summed E-state index contributed by atoms with van der Waals surface area (Å²) in [7, 11) is 0. The Kier molecular flexibility index (Phi) is 6.73. The first-order chi connectivity index (χ1) is 13.6. The van der Waals surface area contributed by atoms with E-state index in [9.17, 15) is 4.79 Å². The van der Waals surface area contributed by atoms with Crippen LogP contribution < -0.4 is 15.5 Å². The van der Waals surface area contributed by atoms with Gasteiger partial charge in [-0.2, -0.15) is 0 Å². The number of nitrogens with one attached hydrogen (secondary N) is 2. The number of hydrogen-bond donors (Lipinski definition) is 2. The third-order valence-corrected chi connectivity index (χ3v) is 5.24. The Morgan fingerprint density at radius 1 is 1.14 bits per heavy atom. The number of thiocarbonyl (C=S) groups is 1. The van der Waals surface area contributed by atoms with Crippen molar-refractivity contribution in [3.8, 4) is 0 Å². The minimum atomic E-state index is -0.0592. The first-order valence-corrected chi connectivity index (χ1v) is 10.3. The summed E-state index contributed by atoms with van der Waals surface area (Å²) >= 11 is 6.78. The normalized spacial score (nSPS) is 10.4. The molecular formula is C21H22N4OS2. The molecule has 0 aliphatic heterocycles. The van der Waals surface area contributed by atoms with Gasteiger partial charge in [-0.15, -0.1) is 11.3 Å². The molecule has 0 aliphatic rings. The van der Waals surface area contributed by atoms with Gasteiger partial charge in [-0.3, -0.25) is 9.69 Å². The Bertz CT molecular complexity index is 956. The molecule has 3 rings (SSSR count). The van der Waals surface area contributed by atoms with E-state index in [-0.39, 0.29) is 5.91 Å². The predicted molar refractivity (Wildman–Crippen MR) is 120 cm³/mol. The number of benzene rings is 2. The van der Waals surface area contributed by atoms with Crippen LogP contribution in [0.2, 0.25) is 0 Å². The van der Waals surface area contributed by atoms with E-state index in [2.05, 4.69) is 22.5 Å². The average Bonchev–Trinajstić information content (AvgIpc) is 3.16. The van der Waals surface area contributed by atoms with Gasteiger partial charge < -0.3 is 10.6 Å². The topological polar surface area (TPSA) is 57.3 Å². The van der Waals surface area contributed by atoms with Gasteiger partial charge in [-0.05, 0) is 42.4 Å². The van der Waals surface area contributed by atoms with Gasteiger partial charge in [0.2, 0.25) is 5.91 Å². The van der Waals surface area contributed by atoms with E-state index in [0.717, 1.165) is 29.1 Å². The minimum Gasteiger partial charge on any atom is -0.357 e. The van der Waals surface area contributed by atoms with Gasteiger partial charge >= 0.3 is 0 Å². The van der Waals surface area contributed by atoms with Gasteiger partial charge in [0.05, 0.1) is 17.9 Å². The number of amides is 1. The second kappa shape index (κ2) is 9.43. The van der Waals surface area contributed by atoms with Gasteiger partial charge in [0.25, 0.3) is 0 Å². The summed E-state index contributed by atoms with van der Waals surface area (Å²) in [6.45, 7) is 4.12. The molecule has 7 heteroatoms. The molecule has 5 nitrogen and oxygen atoms in total. The lowest BCUT2D eigenvalue weighted by Gasteiger charge is -2.21. The number of carbonyl (C=O) groups excluding carboxylic acids is 1. The molecule has 0 atom stereocenters. The van der Waals surface area contributed by atoms with Crippen molar-refractivity contribution in [3.63, 3.8) is 0 Å². The van der Waals surface area contributed by atoms with Crippen LogP contribution in [-0.4, -0.2) is 16.0 Å². The van der Waals surface area contributed by atoms with Crippen LogP contribution in [0.25, 0.3) is 0 Å². The van der Waals surface area contributed by atoms with Crippen LogP contribution in [0.5, 0.6) is 0 Å². The van der Waals surface area contributed by atoms with Crippen molar-refractivity contribution in [2.45, 2.75) is 26.8 Å². The van der Waals surface area contributed by atoms with Gasteiger partial charge in [-0.25, -0.2) is 4.98 Å². The molecule has 2 N–H and O–H groups in total. The number of hydrogen-bond acceptors (Lipinski definition) is 4. The molecule has 0 radical (unpaired) electrons. The smallest absolute Gasteiger partial charge is 0.230 e. The van der Waals surface area contributed by atoms with Crippen LogP contribution in [-0.2, 0) is 17.8 Å². The molecular weight excluding hydrogens is 388 g/mol. The summed E-state index contributed by atoms with van der Waals surface area (Å²) in [6, 6.07) is 17.7. The number of thiazole rings is 1. The van der Waals surface area contributed by atoms with Gasteiger partial charge in [0, 0.05) is 18.0 Å². The van der Waals surface area contributed by atoms with E-state index >= 15 is 0 Å². The van der Waals surface area contributed by atoms with Crippen molar-refractivity contribution in [3.05, 3.63) is 71.2 Å². The van der Waals surface area contributed by atoms with Crippen molar-refractivity contribution in [2.75, 3.05) is 10.2 Å². The van der Waals surface area contributed by atoms with Gasteiger partial charge in [0.1, 0.15) is 0 Å². The molecule has 28 heavy (non-hydrogen) atoms. The summed E-state index contributed by atoms with van der Waals surface area (Å²) in [5.74, 6) is -0.0592. The van der Waals surface area contributed by atoms with E-state index in [0.29, 0.717) is 16.8 Å². The maximum absolute atomic E-state index is 12.3. The van der Waals surface area contributed by atoms with Crippen molar-refractivity contribution >= 4 is 51.1 Å². The van der Waals surface area contributed by atoms with Crippen LogP contribution in [0.15, 0.2) is 60.0 Å². The van der Waals surface area contributed by atoms with Crippen LogP contribution in [0, 0.1) is 0 Å². The number of anilines is 3. The number of aryl methyl sites for hydroxylation is 1. The van der Waals surface area contributed by atoms with Crippen molar-refractivity contribution < 1.29 is 4.79 Å². The average molecular weight is 411 g/mol. The van der Waals surface area contributed by atoms with Crippen LogP contribution in [0.3, 0.4) is 0 Å². The summed E-state index contributed by atoms with van der Waals surface area (Å²) in [5.41, 5.74) is 3.75. The lowest BCUT2D eigenvalue weighted by molar-refractivity contribution is -0.115. The number of rotatable bonds is 6. The van der Waals surface area contributed by atoms with E-state index in [1.165, 1.54) is 11.3 Å². The molecule has 1 heterocycles. The third-order valence-electron chi connectivity index (χ3n) is 4.12. The van der Waals surface area contributed by atoms with Crippen LogP contribution in [0.1, 0.15) is 25.1 Å². The highest BCUT2D eigenvalue weighted by Crippen LogP contribution is 2.31. The zero-order valence-electron chi connectivity index (χ0n) is 15.8. The zero-order chi connectivity index (χ0) is 19.9. The van der Waals surface area contributed by atoms with Gasteiger partial charge in [0.15, 0.2) is 10.2 Å². The molecule has 3 aromatic rings. The highest BCUT2D eigenvalue weighted by molar-refractivity contribution is 7.80. The summed E-state index contributed by atoms with van der Waals surface area (Å²) in [4.78, 5) is 18.6. The predicted octanol–water partition coefficient (Wildman–Crippen LogP) is 4.88. The SMILES string of the molecule is CCc1ccccc1N(C(C)=O)c1nc(CNC(=S)Nc2ccccc2)cs1. The van der Waals surface area contributed by atoms with Crippen LogP contribution >= 0.6 is 23.6 Å². The molecule has 0 bridgehead atoms. The summed E-state index contributed by atoms with van der Waals surface area (Å²) < 4.78 is 0. The van der Waals surface area contributed by atoms with Crippen molar-refractivity contribution in [2.24, 2.45) is 0 Å². The molecule has 144 valence electrons. The summed E-state index contributed by atoms with van der Waals surface area (Å²) in [6.07, 6.45) is 0.846. The minimum absolute atomic E-state index is 0.0592. The largest absolute Gasteiger partial charge is 0.357 e. The van der Waals surface area contributed by atoms with Crippen LogP contribution in [0.4, 0.5) is 16.5 Å². The fourth-order valence-corrected chi connectivity index (χ4v) is 3.85. The standard InChI is InChI=1S/C21H22N4OS2/c1-3-16-9-7-8-12-19(16)25(15(2)26)21-24-18(14-28-21)13-22-20(27)23-17-10-5-4-6-11-17/h4-12,14H,3,13H2,1-2H3,(H2,22,23,27). The van der Waals surface area contributed by atoms with E-state index in [4.69, 9.17) is 12.2 Å². The molecule has 0 saturated carbocycles. The number of carbonyl (C=O) groups is 1. The maximum Gasteiger partial charge on any atom is 0.230 e. The second-order valence-electron chi connectivity index (χ2n) is 6.13. The highest BCUT2D eigenvalue weighted by Gasteiger charge is 2.20. The number of nitrogens with zero attached hydrogens (tertiary/aromatic N) is 2. The molecule has 2 aromatic carbocycles. The quantitative estimate of drug-likeness (QED) is 0.568. The molecule has 0 saturated heterocycles. The monoisotopic (exact) mass is 410 g/mol. The Balaban J connectivity index is 1.69. The summed E-state index contributed by atoms with van der Waals surface area (Å²) in [5, 5.41) is 9.41. The lowest BCUT2D eigenvalue weighted by Crippen LogP contribution is -2.28. The Morgan fingerprint density at radius 2 is 1.86 bits per heavy atom. The fourth-order valence-electron chi connectivity index (χ4n) is 2.78. The molecule has 1 aromatic heterocycles. The molecule has 0 aliphatic carbocycles. The van der Waals surface area contributed by atoms with E-state index < -0.39 is 0 Å². The zero-order valence-corrected chi connectivity index (χ0v) is 17.4. The second-order valence-corrected chi connectivity index (χ2v) is 7.38. The Hall–Kier alpha value is -2.77. The fraction of sp³-hybridized carbons (Fsp3) is 0.190.